The number of nitrogens with zero attached hydrogens (tertiary/aromatic N) is 2. The number of benzene rings is 2. The Hall–Kier alpha value is -3.11. The maximum atomic E-state index is 4.20. The monoisotopic (exact) mass is 328 g/mol. The van der Waals surface area contributed by atoms with E-state index in [4.69, 9.17) is 0 Å². The largest absolute Gasteiger partial charge is 0.343 e. The first-order valence-corrected chi connectivity index (χ1v) is 8.39. The minimum atomic E-state index is 0.753. The number of pyridine rings is 1. The lowest BCUT2D eigenvalue weighted by atomic mass is 10.1. The third-order valence-corrected chi connectivity index (χ3v) is 4.21. The summed E-state index contributed by atoms with van der Waals surface area (Å²) in [5.74, 6) is 0. The van der Waals surface area contributed by atoms with E-state index in [9.17, 15) is 0 Å². The van der Waals surface area contributed by atoms with Gasteiger partial charge in [-0.3, -0.25) is 4.98 Å². The van der Waals surface area contributed by atoms with E-state index in [0.29, 0.717) is 0 Å². The second-order valence-electron chi connectivity index (χ2n) is 6.04. The zero-order valence-corrected chi connectivity index (χ0v) is 13.9. The number of anilines is 1. The summed E-state index contributed by atoms with van der Waals surface area (Å²) in [6, 6.07) is 22.9. The molecule has 0 bridgehead atoms. The molecule has 0 fully saturated rings. The van der Waals surface area contributed by atoms with Gasteiger partial charge < -0.3 is 9.99 Å². The van der Waals surface area contributed by atoms with Crippen molar-refractivity contribution < 1.29 is 0 Å². The Morgan fingerprint density at radius 3 is 2.64 bits per heavy atom. The minimum absolute atomic E-state index is 0.753. The predicted molar refractivity (Wildman–Crippen MR) is 102 cm³/mol. The first-order valence-electron chi connectivity index (χ1n) is 8.39. The van der Waals surface area contributed by atoms with Gasteiger partial charge in [0.1, 0.15) is 0 Å². The average Bonchev–Trinajstić information content (AvgIpc) is 3.06. The Balaban J connectivity index is 1.48. The van der Waals surface area contributed by atoms with Gasteiger partial charge in [0.05, 0.1) is 0 Å². The van der Waals surface area contributed by atoms with Crippen molar-refractivity contribution in [2.75, 3.05) is 5.43 Å². The van der Waals surface area contributed by atoms with Crippen LogP contribution in [0.2, 0.25) is 0 Å². The van der Waals surface area contributed by atoms with Crippen LogP contribution in [0, 0.1) is 0 Å². The van der Waals surface area contributed by atoms with Crippen LogP contribution in [-0.4, -0.2) is 9.55 Å². The van der Waals surface area contributed by atoms with Crippen LogP contribution in [0.15, 0.2) is 85.3 Å². The fourth-order valence-corrected chi connectivity index (χ4v) is 2.94. The molecule has 0 amide bonds. The van der Waals surface area contributed by atoms with Crippen LogP contribution in [0.4, 0.5) is 5.69 Å². The highest BCUT2D eigenvalue weighted by Gasteiger charge is 2.04. The fraction of sp³-hybridized carbons (Fsp3) is 0.0952. The molecule has 4 rings (SSSR count). The molecule has 0 aliphatic carbocycles. The second-order valence-corrected chi connectivity index (χ2v) is 6.04. The lowest BCUT2D eigenvalue weighted by molar-refractivity contribution is 0.798. The standard InChI is InChI=1S/C21H20N4/c1-2-6-20(7-3-1)24-23-15-17-8-9-19-10-12-25(21(19)13-17)16-18-5-4-11-22-14-18/h1-14,23-24H,15-16H2. The molecule has 0 saturated heterocycles. The van der Waals surface area contributed by atoms with Crippen LogP contribution >= 0.6 is 0 Å². The normalized spacial score (nSPS) is 10.9. The van der Waals surface area contributed by atoms with Crippen LogP contribution in [0.1, 0.15) is 11.1 Å². The molecule has 0 aliphatic rings. The van der Waals surface area contributed by atoms with Gasteiger partial charge in [0.25, 0.3) is 0 Å². The molecule has 0 aliphatic heterocycles. The zero-order chi connectivity index (χ0) is 16.9. The maximum absolute atomic E-state index is 4.20. The number of fused-ring (bicyclic) bond motifs is 1. The van der Waals surface area contributed by atoms with Gasteiger partial charge in [-0.2, -0.15) is 0 Å². The van der Waals surface area contributed by atoms with Gasteiger partial charge in [-0.1, -0.05) is 36.4 Å². The van der Waals surface area contributed by atoms with Crippen molar-refractivity contribution in [3.63, 3.8) is 0 Å². The number of rotatable bonds is 6. The van der Waals surface area contributed by atoms with E-state index in [1.807, 2.05) is 42.6 Å². The van der Waals surface area contributed by atoms with Crippen molar-refractivity contribution in [1.82, 2.24) is 15.0 Å². The van der Waals surface area contributed by atoms with Crippen LogP contribution in [0.5, 0.6) is 0 Å². The van der Waals surface area contributed by atoms with Gasteiger partial charge in [0.2, 0.25) is 0 Å². The molecule has 0 atom stereocenters. The van der Waals surface area contributed by atoms with E-state index in [1.54, 1.807) is 6.20 Å². The molecule has 0 unspecified atom stereocenters. The third-order valence-electron chi connectivity index (χ3n) is 4.21. The molecule has 2 aromatic carbocycles. The molecule has 124 valence electrons. The molecular formula is C21H20N4. The van der Waals surface area contributed by atoms with Crippen molar-refractivity contribution in [2.24, 2.45) is 0 Å². The number of hydrogen-bond donors (Lipinski definition) is 2. The Labute approximate surface area is 147 Å². The molecule has 2 heterocycles. The van der Waals surface area contributed by atoms with Crippen molar-refractivity contribution in [2.45, 2.75) is 13.1 Å². The first kappa shape index (κ1) is 15.4. The van der Waals surface area contributed by atoms with Crippen LogP contribution in [0.3, 0.4) is 0 Å². The minimum Gasteiger partial charge on any atom is -0.343 e. The van der Waals surface area contributed by atoms with Crippen LogP contribution in [0.25, 0.3) is 10.9 Å². The quantitative estimate of drug-likeness (QED) is 0.521. The molecule has 25 heavy (non-hydrogen) atoms. The SMILES string of the molecule is c1ccc(NNCc2ccc3ccn(Cc4cccnc4)c3c2)cc1. The number of nitrogens with one attached hydrogen (secondary N) is 2. The number of aromatic nitrogens is 2. The number of hydrazine groups is 1. The smallest absolute Gasteiger partial charge is 0.0491 e. The maximum Gasteiger partial charge on any atom is 0.0491 e. The Bertz CT molecular complexity index is 945. The summed E-state index contributed by atoms with van der Waals surface area (Å²) in [6.07, 6.45) is 5.86. The third kappa shape index (κ3) is 3.70. The Morgan fingerprint density at radius 1 is 0.880 bits per heavy atom. The van der Waals surface area contributed by atoms with Gasteiger partial charge in [-0.15, -0.1) is 0 Å². The molecule has 0 saturated carbocycles. The highest BCUT2D eigenvalue weighted by molar-refractivity contribution is 5.81. The molecule has 4 nitrogen and oxygen atoms in total. The molecule has 4 aromatic rings. The van der Waals surface area contributed by atoms with E-state index in [2.05, 4.69) is 56.9 Å². The molecule has 2 N–H and O–H groups in total. The number of hydrogen-bond acceptors (Lipinski definition) is 3. The van der Waals surface area contributed by atoms with Gasteiger partial charge in [0.15, 0.2) is 0 Å². The van der Waals surface area contributed by atoms with Crippen molar-refractivity contribution in [3.8, 4) is 0 Å². The predicted octanol–water partition coefficient (Wildman–Crippen LogP) is 4.20. The fourth-order valence-electron chi connectivity index (χ4n) is 2.94. The van der Waals surface area contributed by atoms with E-state index in [0.717, 1.165) is 18.8 Å². The highest BCUT2D eigenvalue weighted by atomic mass is 15.3. The Kier molecular flexibility index (Phi) is 4.44. The van der Waals surface area contributed by atoms with E-state index in [-0.39, 0.29) is 0 Å². The number of para-hydroxylation sites is 1. The topological polar surface area (TPSA) is 41.9 Å². The summed E-state index contributed by atoms with van der Waals surface area (Å²) < 4.78 is 2.26. The van der Waals surface area contributed by atoms with E-state index >= 15 is 0 Å². The molecule has 0 spiro atoms. The van der Waals surface area contributed by atoms with Crippen molar-refractivity contribution in [3.05, 3.63) is 96.4 Å². The molecule has 2 aromatic heterocycles. The lowest BCUT2D eigenvalue weighted by Gasteiger charge is -2.10. The zero-order valence-electron chi connectivity index (χ0n) is 13.9. The van der Waals surface area contributed by atoms with E-state index < -0.39 is 0 Å². The molecular weight excluding hydrogens is 308 g/mol. The first-order chi connectivity index (χ1) is 12.4. The van der Waals surface area contributed by atoms with Gasteiger partial charge >= 0.3 is 0 Å². The van der Waals surface area contributed by atoms with E-state index in [1.165, 1.54) is 22.0 Å². The van der Waals surface area contributed by atoms with Crippen LogP contribution in [-0.2, 0) is 13.1 Å². The van der Waals surface area contributed by atoms with Crippen LogP contribution < -0.4 is 10.9 Å². The van der Waals surface area contributed by atoms with Gasteiger partial charge in [-0.25, -0.2) is 5.43 Å². The molecule has 4 heteroatoms. The highest BCUT2D eigenvalue weighted by Crippen LogP contribution is 2.19. The van der Waals surface area contributed by atoms with Crippen molar-refractivity contribution in [1.29, 1.82) is 0 Å². The summed E-state index contributed by atoms with van der Waals surface area (Å²) in [7, 11) is 0. The summed E-state index contributed by atoms with van der Waals surface area (Å²) in [6.45, 7) is 1.58. The van der Waals surface area contributed by atoms with Gasteiger partial charge in [-0.05, 0) is 46.8 Å². The summed E-state index contributed by atoms with van der Waals surface area (Å²) in [5.41, 5.74) is 11.2. The second kappa shape index (κ2) is 7.20. The lowest BCUT2D eigenvalue weighted by Crippen LogP contribution is -2.20. The summed E-state index contributed by atoms with van der Waals surface area (Å²) in [5, 5.41) is 1.25. The molecule has 0 radical (unpaired) electrons. The average molecular weight is 328 g/mol. The Morgan fingerprint density at radius 2 is 1.80 bits per heavy atom. The van der Waals surface area contributed by atoms with Crippen molar-refractivity contribution >= 4 is 16.6 Å². The summed E-state index contributed by atoms with van der Waals surface area (Å²) >= 11 is 0. The van der Waals surface area contributed by atoms with Gasteiger partial charge in [0, 0.05) is 42.9 Å². The summed E-state index contributed by atoms with van der Waals surface area (Å²) in [4.78, 5) is 4.20.